The van der Waals surface area contributed by atoms with E-state index in [9.17, 15) is 4.79 Å². The number of ether oxygens (including phenoxy) is 3. The fourth-order valence-corrected chi connectivity index (χ4v) is 2.84. The van der Waals surface area contributed by atoms with E-state index in [4.69, 9.17) is 25.8 Å². The van der Waals surface area contributed by atoms with Gasteiger partial charge in [0.05, 0.1) is 19.8 Å². The molecule has 0 saturated carbocycles. The zero-order valence-corrected chi connectivity index (χ0v) is 13.9. The van der Waals surface area contributed by atoms with Crippen LogP contribution in [0.15, 0.2) is 60.7 Å². The second kappa shape index (κ2) is 8.29. The molecule has 0 amide bonds. The first-order chi connectivity index (χ1) is 11.7. The molecular weight excluding hydrogens is 328 g/mol. The highest BCUT2D eigenvalue weighted by Gasteiger charge is 2.44. The second-order valence-electron chi connectivity index (χ2n) is 5.64. The van der Waals surface area contributed by atoms with Crippen LogP contribution in [0.4, 0.5) is 0 Å². The van der Waals surface area contributed by atoms with Crippen LogP contribution in [0.25, 0.3) is 0 Å². The fourth-order valence-electron chi connectivity index (χ4n) is 2.56. The molecule has 126 valence electrons. The number of benzene rings is 2. The highest BCUT2D eigenvalue weighted by Crippen LogP contribution is 2.25. The largest absolute Gasteiger partial charge is 0.456 e. The minimum absolute atomic E-state index is 0.253. The molecule has 0 spiro atoms. The summed E-state index contributed by atoms with van der Waals surface area (Å²) in [6, 6.07) is 19.6. The Kier molecular flexibility index (Phi) is 5.86. The Morgan fingerprint density at radius 1 is 0.917 bits per heavy atom. The summed E-state index contributed by atoms with van der Waals surface area (Å²) >= 11 is 6.13. The number of halogens is 1. The number of alkyl halides is 1. The van der Waals surface area contributed by atoms with Crippen molar-refractivity contribution in [1.29, 1.82) is 0 Å². The maximum absolute atomic E-state index is 11.7. The van der Waals surface area contributed by atoms with Crippen LogP contribution >= 0.6 is 11.6 Å². The van der Waals surface area contributed by atoms with E-state index in [1.165, 1.54) is 0 Å². The van der Waals surface area contributed by atoms with Gasteiger partial charge in [0.15, 0.2) is 11.5 Å². The van der Waals surface area contributed by atoms with Crippen molar-refractivity contribution in [2.45, 2.75) is 30.8 Å². The van der Waals surface area contributed by atoms with Gasteiger partial charge in [-0.25, -0.2) is 0 Å². The summed E-state index contributed by atoms with van der Waals surface area (Å²) in [5, 5.41) is -0.806. The molecule has 1 aliphatic rings. The summed E-state index contributed by atoms with van der Waals surface area (Å²) in [7, 11) is 0. The second-order valence-corrected chi connectivity index (χ2v) is 6.11. The Morgan fingerprint density at radius 3 is 2.12 bits per heavy atom. The fraction of sp³-hybridized carbons (Fsp3) is 0.316. The quantitative estimate of drug-likeness (QED) is 0.570. The predicted octanol–water partition coefficient (Wildman–Crippen LogP) is 3.32. The molecule has 24 heavy (non-hydrogen) atoms. The monoisotopic (exact) mass is 346 g/mol. The first kappa shape index (κ1) is 17.0. The number of hydrogen-bond acceptors (Lipinski definition) is 4. The molecule has 1 heterocycles. The normalized spacial score (nSPS) is 23.2. The lowest BCUT2D eigenvalue weighted by Crippen LogP contribution is -2.34. The van der Waals surface area contributed by atoms with Crippen LogP contribution in [0.3, 0.4) is 0 Å². The van der Waals surface area contributed by atoms with Crippen LogP contribution in [0.2, 0.25) is 0 Å². The summed E-state index contributed by atoms with van der Waals surface area (Å²) < 4.78 is 16.8. The van der Waals surface area contributed by atoms with Gasteiger partial charge in [-0.3, -0.25) is 4.79 Å². The zero-order valence-electron chi connectivity index (χ0n) is 13.1. The minimum Gasteiger partial charge on any atom is -0.456 e. The molecule has 1 saturated heterocycles. The highest BCUT2D eigenvalue weighted by atomic mass is 35.5. The van der Waals surface area contributed by atoms with Crippen LogP contribution in [0, 0.1) is 0 Å². The summed E-state index contributed by atoms with van der Waals surface area (Å²) in [6.45, 7) is 1.08. The third kappa shape index (κ3) is 4.35. The van der Waals surface area contributed by atoms with E-state index in [1.54, 1.807) is 0 Å². The molecule has 0 N–H and O–H groups in total. The van der Waals surface area contributed by atoms with Gasteiger partial charge >= 0.3 is 5.97 Å². The van der Waals surface area contributed by atoms with Crippen molar-refractivity contribution in [3.63, 3.8) is 0 Å². The van der Waals surface area contributed by atoms with E-state index < -0.39 is 23.6 Å². The summed E-state index contributed by atoms with van der Waals surface area (Å²) in [5.74, 6) is -0.456. The molecule has 0 aliphatic carbocycles. The molecular formula is C19H19ClO4. The average Bonchev–Trinajstić information content (AvgIpc) is 2.89. The molecule has 5 heteroatoms. The molecule has 3 rings (SSSR count). The van der Waals surface area contributed by atoms with Gasteiger partial charge in [0.25, 0.3) is 0 Å². The molecule has 1 fully saturated rings. The third-order valence-corrected chi connectivity index (χ3v) is 4.25. The molecule has 0 aromatic heterocycles. The van der Waals surface area contributed by atoms with Gasteiger partial charge in [-0.2, -0.15) is 0 Å². The first-order valence-electron chi connectivity index (χ1n) is 7.86. The average molecular weight is 347 g/mol. The lowest BCUT2D eigenvalue weighted by atomic mass is 10.2. The molecule has 0 unspecified atom stereocenters. The Morgan fingerprint density at radius 2 is 1.50 bits per heavy atom. The maximum atomic E-state index is 11.7. The topological polar surface area (TPSA) is 44.8 Å². The molecule has 4 nitrogen and oxygen atoms in total. The minimum atomic E-state index is -0.806. The Balaban J connectivity index is 1.53. The van der Waals surface area contributed by atoms with Gasteiger partial charge in [-0.15, -0.1) is 11.6 Å². The van der Waals surface area contributed by atoms with Crippen LogP contribution in [0.1, 0.15) is 11.1 Å². The summed E-state index contributed by atoms with van der Waals surface area (Å²) in [4.78, 5) is 11.7. The number of carbonyl (C=O) groups is 1. The molecule has 2 aromatic carbocycles. The molecule has 3 atom stereocenters. The number of carbonyl (C=O) groups excluding carboxylic acids is 1. The zero-order chi connectivity index (χ0) is 16.8. The smallest absolute Gasteiger partial charge is 0.327 e. The molecule has 0 bridgehead atoms. The molecule has 1 aliphatic heterocycles. The van der Waals surface area contributed by atoms with Gasteiger partial charge in [0.1, 0.15) is 6.10 Å². The van der Waals surface area contributed by atoms with E-state index in [0.717, 1.165) is 11.1 Å². The van der Waals surface area contributed by atoms with Crippen molar-refractivity contribution in [3.05, 3.63) is 71.8 Å². The van der Waals surface area contributed by atoms with Crippen molar-refractivity contribution >= 4 is 17.6 Å². The van der Waals surface area contributed by atoms with Crippen molar-refractivity contribution in [1.82, 2.24) is 0 Å². The first-order valence-corrected chi connectivity index (χ1v) is 8.29. The van der Waals surface area contributed by atoms with Crippen LogP contribution in [-0.4, -0.2) is 30.2 Å². The van der Waals surface area contributed by atoms with Crippen molar-refractivity contribution < 1.29 is 19.0 Å². The van der Waals surface area contributed by atoms with E-state index in [0.29, 0.717) is 13.2 Å². The van der Waals surface area contributed by atoms with E-state index in [-0.39, 0.29) is 6.61 Å². The van der Waals surface area contributed by atoms with Gasteiger partial charge < -0.3 is 14.2 Å². The number of hydrogen-bond donors (Lipinski definition) is 0. The standard InChI is InChI=1S/C19H19ClO4/c20-17-18(23-12-15-9-5-2-6-10-15)16(24-19(17)21)13-22-11-14-7-3-1-4-8-14/h1-10,16-18H,11-13H2/t16-,17-,18-/m1/s1. The van der Waals surface area contributed by atoms with E-state index in [2.05, 4.69) is 0 Å². The SMILES string of the molecule is O=C1O[C@H](COCc2ccccc2)[C@@H](OCc2ccccc2)[C@H]1Cl. The summed E-state index contributed by atoms with van der Waals surface area (Å²) in [5.41, 5.74) is 2.08. The maximum Gasteiger partial charge on any atom is 0.327 e. The third-order valence-electron chi connectivity index (χ3n) is 3.83. The lowest BCUT2D eigenvalue weighted by Gasteiger charge is -2.19. The van der Waals surface area contributed by atoms with E-state index >= 15 is 0 Å². The van der Waals surface area contributed by atoms with Gasteiger partial charge in [-0.05, 0) is 11.1 Å². The molecule has 0 radical (unpaired) electrons. The van der Waals surface area contributed by atoms with Crippen molar-refractivity contribution in [2.24, 2.45) is 0 Å². The number of esters is 1. The van der Waals surface area contributed by atoms with Crippen molar-refractivity contribution in [2.75, 3.05) is 6.61 Å². The Bertz CT molecular complexity index is 647. The van der Waals surface area contributed by atoms with Gasteiger partial charge in [-0.1, -0.05) is 60.7 Å². The van der Waals surface area contributed by atoms with Crippen molar-refractivity contribution in [3.8, 4) is 0 Å². The molecule has 2 aromatic rings. The van der Waals surface area contributed by atoms with Gasteiger partial charge in [0.2, 0.25) is 0 Å². The highest BCUT2D eigenvalue weighted by molar-refractivity contribution is 6.31. The van der Waals surface area contributed by atoms with Crippen LogP contribution in [0.5, 0.6) is 0 Å². The Labute approximate surface area is 146 Å². The number of rotatable bonds is 7. The predicted molar refractivity (Wildman–Crippen MR) is 90.6 cm³/mol. The number of cyclic esters (lactones) is 1. The van der Waals surface area contributed by atoms with Crippen LogP contribution < -0.4 is 0 Å². The van der Waals surface area contributed by atoms with Crippen LogP contribution in [-0.2, 0) is 32.2 Å². The van der Waals surface area contributed by atoms with E-state index in [1.807, 2.05) is 60.7 Å². The summed E-state index contributed by atoms with van der Waals surface area (Å²) in [6.07, 6.45) is -1.01. The van der Waals surface area contributed by atoms with Gasteiger partial charge in [0, 0.05) is 0 Å². The lowest BCUT2D eigenvalue weighted by molar-refractivity contribution is -0.144. The Hall–Kier alpha value is -1.88.